The minimum atomic E-state index is -1.02. The Morgan fingerprint density at radius 3 is 2.84 bits per heavy atom. The van der Waals surface area contributed by atoms with Crippen LogP contribution in [0.5, 0.6) is 0 Å². The molecule has 4 rings (SSSR count). The summed E-state index contributed by atoms with van der Waals surface area (Å²) in [5.74, 6) is 0.111. The van der Waals surface area contributed by atoms with Crippen LogP contribution in [0.25, 0.3) is 0 Å². The maximum Gasteiger partial charge on any atom is 0.0843 e. The van der Waals surface area contributed by atoms with E-state index in [1.807, 2.05) is 19.1 Å². The highest BCUT2D eigenvalue weighted by atomic mass is 32.2. The Labute approximate surface area is 152 Å². The Morgan fingerprint density at radius 1 is 1.24 bits per heavy atom. The maximum absolute atomic E-state index is 13.1. The summed E-state index contributed by atoms with van der Waals surface area (Å²) in [5, 5.41) is 10.1. The van der Waals surface area contributed by atoms with Crippen molar-refractivity contribution in [3.8, 4) is 0 Å². The molecule has 3 nitrogen and oxygen atoms in total. The lowest BCUT2D eigenvalue weighted by Crippen LogP contribution is -2.36. The number of aliphatic hydroxyl groups is 1. The van der Waals surface area contributed by atoms with Gasteiger partial charge in [-0.25, -0.2) is 4.21 Å². The van der Waals surface area contributed by atoms with Crippen LogP contribution in [0.1, 0.15) is 51.9 Å². The van der Waals surface area contributed by atoms with Gasteiger partial charge in [0.1, 0.15) is 0 Å². The zero-order valence-corrected chi connectivity index (χ0v) is 15.7. The van der Waals surface area contributed by atoms with E-state index in [0.717, 1.165) is 54.9 Å². The Hall–Kier alpha value is -1.39. The average Bonchev–Trinajstić information content (AvgIpc) is 2.65. The molecule has 0 spiro atoms. The summed E-state index contributed by atoms with van der Waals surface area (Å²) < 4.78 is 13.1. The number of hydrogen-bond donors (Lipinski definition) is 1. The third kappa shape index (κ3) is 3.22. The Bertz CT molecular complexity index is 739. The van der Waals surface area contributed by atoms with Gasteiger partial charge in [0, 0.05) is 28.8 Å². The van der Waals surface area contributed by atoms with E-state index >= 15 is 0 Å². The van der Waals surface area contributed by atoms with E-state index in [0.29, 0.717) is 0 Å². The van der Waals surface area contributed by atoms with Crippen LogP contribution < -0.4 is 0 Å². The van der Waals surface area contributed by atoms with Gasteiger partial charge in [0.15, 0.2) is 0 Å². The fraction of sp³-hybridized carbons (Fsp3) is 0.524. The molecular formula is C21H27NO2S. The number of allylic oxidation sites excluding steroid dienone is 6. The van der Waals surface area contributed by atoms with E-state index in [2.05, 4.69) is 23.1 Å². The van der Waals surface area contributed by atoms with Crippen LogP contribution in [0, 0.1) is 5.92 Å². The van der Waals surface area contributed by atoms with Crippen molar-refractivity contribution < 1.29 is 9.32 Å². The second-order valence-corrected chi connectivity index (χ2v) is 8.94. The van der Waals surface area contributed by atoms with E-state index in [-0.39, 0.29) is 12.0 Å². The number of hydrogen-bond acceptors (Lipinski definition) is 3. The van der Waals surface area contributed by atoms with Crippen molar-refractivity contribution in [3.63, 3.8) is 0 Å². The van der Waals surface area contributed by atoms with Crippen molar-refractivity contribution in [2.24, 2.45) is 5.92 Å². The van der Waals surface area contributed by atoms with Crippen LogP contribution in [0.15, 0.2) is 57.2 Å². The first kappa shape index (κ1) is 17.0. The van der Waals surface area contributed by atoms with E-state index in [1.54, 1.807) is 0 Å². The normalized spacial score (nSPS) is 30.2. The van der Waals surface area contributed by atoms with Gasteiger partial charge in [0.05, 0.1) is 21.8 Å². The van der Waals surface area contributed by atoms with Crippen LogP contribution in [0.3, 0.4) is 0 Å². The summed E-state index contributed by atoms with van der Waals surface area (Å²) >= 11 is 0. The molecule has 0 aromatic heterocycles. The van der Waals surface area contributed by atoms with Crippen molar-refractivity contribution >= 4 is 10.8 Å². The molecule has 4 aliphatic rings. The monoisotopic (exact) mass is 357 g/mol. The third-order valence-corrected chi connectivity index (χ3v) is 7.36. The van der Waals surface area contributed by atoms with Gasteiger partial charge in [0.2, 0.25) is 0 Å². The summed E-state index contributed by atoms with van der Waals surface area (Å²) in [4.78, 5) is 4.55. The fourth-order valence-electron chi connectivity index (χ4n) is 4.24. The molecule has 134 valence electrons. The summed E-state index contributed by atoms with van der Waals surface area (Å²) in [6.45, 7) is 2.72. The van der Waals surface area contributed by atoms with E-state index < -0.39 is 10.8 Å². The Balaban J connectivity index is 1.72. The predicted octanol–water partition coefficient (Wildman–Crippen LogP) is 4.28. The van der Waals surface area contributed by atoms with E-state index in [9.17, 15) is 9.32 Å². The maximum atomic E-state index is 13.1. The molecule has 0 saturated heterocycles. The molecular weight excluding hydrogens is 330 g/mol. The highest BCUT2D eigenvalue weighted by Gasteiger charge is 2.36. The van der Waals surface area contributed by atoms with Gasteiger partial charge in [-0.1, -0.05) is 24.3 Å². The molecule has 3 atom stereocenters. The predicted molar refractivity (Wildman–Crippen MR) is 103 cm³/mol. The molecule has 0 aromatic rings. The first-order chi connectivity index (χ1) is 12.1. The minimum absolute atomic E-state index is 0.111. The summed E-state index contributed by atoms with van der Waals surface area (Å²) in [7, 11) is -1.02. The van der Waals surface area contributed by atoms with Crippen LogP contribution in [0.2, 0.25) is 0 Å². The summed E-state index contributed by atoms with van der Waals surface area (Å²) in [6, 6.07) is 0. The molecule has 0 saturated carbocycles. The van der Waals surface area contributed by atoms with Crippen LogP contribution in [-0.4, -0.2) is 26.9 Å². The zero-order chi connectivity index (χ0) is 17.4. The van der Waals surface area contributed by atoms with E-state index in [1.165, 1.54) is 23.4 Å². The first-order valence-electron chi connectivity index (χ1n) is 9.51. The second-order valence-electron chi connectivity index (χ2n) is 7.47. The molecule has 0 radical (unpaired) electrons. The molecule has 0 fully saturated rings. The first-order valence-corrected chi connectivity index (χ1v) is 10.7. The molecule has 3 unspecified atom stereocenters. The third-order valence-electron chi connectivity index (χ3n) is 5.70. The van der Waals surface area contributed by atoms with Crippen molar-refractivity contribution in [1.82, 2.24) is 4.90 Å². The van der Waals surface area contributed by atoms with Crippen molar-refractivity contribution in [2.45, 2.75) is 58.0 Å². The minimum Gasteiger partial charge on any atom is -0.393 e. The van der Waals surface area contributed by atoms with Gasteiger partial charge in [-0.2, -0.15) is 0 Å². The van der Waals surface area contributed by atoms with Crippen LogP contribution >= 0.6 is 0 Å². The van der Waals surface area contributed by atoms with Gasteiger partial charge in [0.25, 0.3) is 0 Å². The molecule has 1 heterocycles. The summed E-state index contributed by atoms with van der Waals surface area (Å²) in [6.07, 6.45) is 17.8. The number of nitrogens with zero attached hydrogens (tertiary/aromatic N) is 1. The number of rotatable bonds is 3. The molecule has 0 bridgehead atoms. The smallest absolute Gasteiger partial charge is 0.0843 e. The largest absolute Gasteiger partial charge is 0.393 e. The van der Waals surface area contributed by atoms with Gasteiger partial charge in [-0.05, 0) is 63.5 Å². The zero-order valence-electron chi connectivity index (χ0n) is 14.9. The van der Waals surface area contributed by atoms with E-state index in [4.69, 9.17) is 0 Å². The van der Waals surface area contributed by atoms with Crippen molar-refractivity contribution in [3.05, 3.63) is 57.2 Å². The highest BCUT2D eigenvalue weighted by molar-refractivity contribution is 7.93. The van der Waals surface area contributed by atoms with Crippen LogP contribution in [-0.2, 0) is 10.8 Å². The molecule has 1 N–H and O–H groups in total. The summed E-state index contributed by atoms with van der Waals surface area (Å²) in [5.41, 5.74) is 3.82. The van der Waals surface area contributed by atoms with Gasteiger partial charge >= 0.3 is 0 Å². The standard InChI is InChI=1S/C21H27NO2S/c1-15(23)17-11-12-21-19(13-17)22(14-16-7-3-2-4-8-16)18-9-5-6-10-20(18)25(21)24/h3,7-8,11-12,15,17,23H,2,4-6,9-10,13-14H2,1H3. The highest BCUT2D eigenvalue weighted by Crippen LogP contribution is 2.44. The lowest BCUT2D eigenvalue weighted by atomic mass is 9.91. The van der Waals surface area contributed by atoms with Crippen LogP contribution in [0.4, 0.5) is 0 Å². The second kappa shape index (κ2) is 7.08. The molecule has 1 aliphatic heterocycles. The quantitative estimate of drug-likeness (QED) is 0.819. The molecule has 3 aliphatic carbocycles. The fourth-order valence-corrected chi connectivity index (χ4v) is 5.87. The van der Waals surface area contributed by atoms with Crippen molar-refractivity contribution in [2.75, 3.05) is 6.54 Å². The lowest BCUT2D eigenvalue weighted by molar-refractivity contribution is 0.143. The van der Waals surface area contributed by atoms with Gasteiger partial charge < -0.3 is 10.0 Å². The lowest BCUT2D eigenvalue weighted by Gasteiger charge is -2.41. The average molecular weight is 358 g/mol. The Morgan fingerprint density at radius 2 is 2.08 bits per heavy atom. The molecule has 0 aromatic carbocycles. The topological polar surface area (TPSA) is 40.5 Å². The molecule has 0 amide bonds. The molecule has 25 heavy (non-hydrogen) atoms. The van der Waals surface area contributed by atoms with Gasteiger partial charge in [-0.15, -0.1) is 0 Å². The van der Waals surface area contributed by atoms with Gasteiger partial charge in [-0.3, -0.25) is 0 Å². The van der Waals surface area contributed by atoms with Crippen molar-refractivity contribution in [1.29, 1.82) is 0 Å². The SMILES string of the molecule is CC(O)C1C=CC2=C(C1)N(CC1=CCCC=C1)C1=C(CCCC1)S2=O. The molecule has 4 heteroatoms. The Kier molecular flexibility index (Phi) is 4.83. The number of aliphatic hydroxyl groups excluding tert-OH is 1.